The third-order valence-electron chi connectivity index (χ3n) is 4.76. The molecule has 5 nitrogen and oxygen atoms in total. The zero-order chi connectivity index (χ0) is 21.5. The zero-order valence-corrected chi connectivity index (χ0v) is 17.4. The summed E-state index contributed by atoms with van der Waals surface area (Å²) in [5.74, 6) is -0.0927. The van der Waals surface area contributed by atoms with Gasteiger partial charge in [0.15, 0.2) is 0 Å². The highest BCUT2D eigenvalue weighted by atomic mass is 19.4. The number of halogens is 3. The number of aliphatic imine (C=N–C) groups is 1. The van der Waals surface area contributed by atoms with Crippen LogP contribution in [0.3, 0.4) is 0 Å². The molecule has 0 aliphatic rings. The van der Waals surface area contributed by atoms with Gasteiger partial charge in [-0.3, -0.25) is 0 Å². The van der Waals surface area contributed by atoms with Gasteiger partial charge in [0.25, 0.3) is 0 Å². The molecule has 0 spiro atoms. The lowest BCUT2D eigenvalue weighted by Crippen LogP contribution is -2.47. The van der Waals surface area contributed by atoms with Crippen LogP contribution >= 0.6 is 0 Å². The molecule has 0 aliphatic carbocycles. The van der Waals surface area contributed by atoms with Gasteiger partial charge >= 0.3 is 6.18 Å². The molecule has 0 aromatic heterocycles. The summed E-state index contributed by atoms with van der Waals surface area (Å²) in [6.07, 6.45) is -2.60. The fourth-order valence-electron chi connectivity index (χ4n) is 2.63. The first kappa shape index (κ1) is 24.2. The van der Waals surface area contributed by atoms with Crippen LogP contribution in [0.4, 0.5) is 18.9 Å². The topological polar surface area (TPSA) is 54.3 Å². The van der Waals surface area contributed by atoms with Gasteiger partial charge in [0.05, 0.1) is 31.8 Å². The molecule has 1 N–H and O–H groups in total. The molecule has 0 bridgehead atoms. The average molecular weight is 404 g/mol. The Morgan fingerprint density at radius 1 is 1.21 bits per heavy atom. The highest BCUT2D eigenvalue weighted by Crippen LogP contribution is 2.45. The highest BCUT2D eigenvalue weighted by molar-refractivity contribution is 5.65. The van der Waals surface area contributed by atoms with Crippen molar-refractivity contribution in [3.8, 4) is 5.75 Å². The molecule has 0 heterocycles. The summed E-state index contributed by atoms with van der Waals surface area (Å²) in [7, 11) is 3.10. The summed E-state index contributed by atoms with van der Waals surface area (Å²) < 4.78 is 52.2. The van der Waals surface area contributed by atoms with Crippen LogP contribution in [0.25, 0.3) is 0 Å². The van der Waals surface area contributed by atoms with E-state index < -0.39 is 18.4 Å². The summed E-state index contributed by atoms with van der Waals surface area (Å²) >= 11 is 0. The first-order valence-electron chi connectivity index (χ1n) is 9.38. The number of rotatable bonds is 10. The lowest BCUT2D eigenvalue weighted by molar-refractivity contribution is -0.285. The molecule has 1 unspecified atom stereocenters. The predicted molar refractivity (Wildman–Crippen MR) is 104 cm³/mol. The van der Waals surface area contributed by atoms with E-state index in [0.717, 1.165) is 6.54 Å². The Balaban J connectivity index is 3.41. The number of benzene rings is 1. The minimum Gasteiger partial charge on any atom is -0.496 e. The maximum atomic E-state index is 13.9. The summed E-state index contributed by atoms with van der Waals surface area (Å²) in [4.78, 5) is 6.13. The Hall–Kier alpha value is -1.80. The van der Waals surface area contributed by atoms with Crippen molar-refractivity contribution in [3.05, 3.63) is 23.3 Å². The number of nitrogens with zero attached hydrogens (tertiary/aromatic N) is 2. The number of methoxy groups -OCH3 is 1. The summed E-state index contributed by atoms with van der Waals surface area (Å²) in [6.45, 7) is 7.07. The van der Waals surface area contributed by atoms with E-state index in [0.29, 0.717) is 24.1 Å². The maximum absolute atomic E-state index is 13.9. The third-order valence-corrected chi connectivity index (χ3v) is 4.76. The predicted octanol–water partition coefficient (Wildman–Crippen LogP) is 4.57. The van der Waals surface area contributed by atoms with Crippen molar-refractivity contribution in [1.82, 2.24) is 4.90 Å². The van der Waals surface area contributed by atoms with Crippen molar-refractivity contribution < 1.29 is 27.8 Å². The smallest absolute Gasteiger partial charge is 0.423 e. The van der Waals surface area contributed by atoms with Crippen LogP contribution < -0.4 is 4.74 Å². The van der Waals surface area contributed by atoms with E-state index in [9.17, 15) is 18.3 Å². The summed E-state index contributed by atoms with van der Waals surface area (Å²) in [6, 6.07) is 2.67. The molecule has 0 radical (unpaired) electrons. The zero-order valence-electron chi connectivity index (χ0n) is 17.4. The van der Waals surface area contributed by atoms with Crippen LogP contribution in [0.2, 0.25) is 0 Å². The second kappa shape index (κ2) is 10.1. The minimum absolute atomic E-state index is 0.0927. The van der Waals surface area contributed by atoms with Crippen LogP contribution in [0.15, 0.2) is 17.1 Å². The van der Waals surface area contributed by atoms with Crippen molar-refractivity contribution in [2.24, 2.45) is 4.99 Å². The number of ether oxygens (including phenoxy) is 2. The Bertz CT molecular complexity index is 661. The molecular weight excluding hydrogens is 373 g/mol. The standard InChI is InChI=1S/C20H31F3N2O3/c1-7-15(8-2)28-12-19(26,20(21,22)23)16-10-14(4)17(11-18(16)27-6)24-13-25(5)9-3/h10-11,13,15,26H,7-9,12H2,1-6H3/b24-13+. The number of aliphatic hydroxyl groups is 1. The molecule has 1 aromatic rings. The van der Waals surface area contributed by atoms with Gasteiger partial charge in [-0.1, -0.05) is 13.8 Å². The highest BCUT2D eigenvalue weighted by Gasteiger charge is 2.57. The number of hydrogen-bond donors (Lipinski definition) is 1. The van der Waals surface area contributed by atoms with Gasteiger partial charge in [-0.25, -0.2) is 4.99 Å². The van der Waals surface area contributed by atoms with Crippen LogP contribution in [0.5, 0.6) is 5.75 Å². The Morgan fingerprint density at radius 2 is 1.82 bits per heavy atom. The first-order chi connectivity index (χ1) is 13.0. The molecule has 1 aromatic carbocycles. The van der Waals surface area contributed by atoms with Crippen molar-refractivity contribution in [3.63, 3.8) is 0 Å². The lowest BCUT2D eigenvalue weighted by atomic mass is 9.91. The van der Waals surface area contributed by atoms with Crippen molar-refractivity contribution in [2.75, 3.05) is 27.3 Å². The van der Waals surface area contributed by atoms with Gasteiger partial charge in [-0.2, -0.15) is 13.2 Å². The van der Waals surface area contributed by atoms with Gasteiger partial charge in [0.2, 0.25) is 5.60 Å². The largest absolute Gasteiger partial charge is 0.496 e. The molecule has 0 fully saturated rings. The number of aryl methyl sites for hydroxylation is 1. The average Bonchev–Trinajstić information content (AvgIpc) is 2.66. The SMILES string of the molecule is CCC(CC)OCC(O)(c1cc(C)c(/N=C/N(C)CC)cc1OC)C(F)(F)F. The fourth-order valence-corrected chi connectivity index (χ4v) is 2.63. The third kappa shape index (κ3) is 5.61. The van der Waals surface area contributed by atoms with E-state index >= 15 is 0 Å². The maximum Gasteiger partial charge on any atom is 0.423 e. The van der Waals surface area contributed by atoms with E-state index in [1.54, 1.807) is 13.3 Å². The van der Waals surface area contributed by atoms with Gasteiger partial charge in [0.1, 0.15) is 5.75 Å². The van der Waals surface area contributed by atoms with E-state index in [1.165, 1.54) is 19.2 Å². The lowest BCUT2D eigenvalue weighted by Gasteiger charge is -2.33. The molecule has 0 amide bonds. The Kier molecular flexibility index (Phi) is 8.75. The molecule has 0 aliphatic heterocycles. The molecule has 1 rings (SSSR count). The molecule has 160 valence electrons. The molecule has 1 atom stereocenters. The molecule has 28 heavy (non-hydrogen) atoms. The quantitative estimate of drug-likeness (QED) is 0.458. The second-order valence-electron chi connectivity index (χ2n) is 6.76. The molecule has 0 saturated heterocycles. The second-order valence-corrected chi connectivity index (χ2v) is 6.76. The Morgan fingerprint density at radius 3 is 2.29 bits per heavy atom. The van der Waals surface area contributed by atoms with E-state index in [2.05, 4.69) is 4.99 Å². The fraction of sp³-hybridized carbons (Fsp3) is 0.650. The summed E-state index contributed by atoms with van der Waals surface area (Å²) in [5.41, 5.74) is -2.62. The number of hydrogen-bond acceptors (Lipinski definition) is 4. The van der Waals surface area contributed by atoms with Crippen LogP contribution in [0, 0.1) is 6.92 Å². The van der Waals surface area contributed by atoms with Crippen molar-refractivity contribution in [2.45, 2.75) is 58.4 Å². The van der Waals surface area contributed by atoms with E-state index in [-0.39, 0.29) is 17.4 Å². The van der Waals surface area contributed by atoms with Gasteiger partial charge in [0, 0.05) is 25.2 Å². The van der Waals surface area contributed by atoms with E-state index in [4.69, 9.17) is 9.47 Å². The normalized spacial score (nSPS) is 14.5. The van der Waals surface area contributed by atoms with Crippen LogP contribution in [0.1, 0.15) is 44.7 Å². The monoisotopic (exact) mass is 404 g/mol. The van der Waals surface area contributed by atoms with Crippen molar-refractivity contribution >= 4 is 12.0 Å². The van der Waals surface area contributed by atoms with Gasteiger partial charge in [-0.15, -0.1) is 0 Å². The molecule has 0 saturated carbocycles. The van der Waals surface area contributed by atoms with Crippen molar-refractivity contribution in [1.29, 1.82) is 0 Å². The van der Waals surface area contributed by atoms with Gasteiger partial charge in [-0.05, 0) is 38.3 Å². The van der Waals surface area contributed by atoms with Gasteiger partial charge < -0.3 is 19.5 Å². The first-order valence-corrected chi connectivity index (χ1v) is 9.38. The van der Waals surface area contributed by atoms with E-state index in [1.807, 2.05) is 32.7 Å². The Labute approximate surface area is 165 Å². The van der Waals surface area contributed by atoms with Crippen LogP contribution in [-0.4, -0.2) is 55.9 Å². The molecular formula is C20H31F3N2O3. The van der Waals surface area contributed by atoms with Crippen LogP contribution in [-0.2, 0) is 10.3 Å². The minimum atomic E-state index is -4.94. The summed E-state index contributed by atoms with van der Waals surface area (Å²) in [5, 5.41) is 10.7. The number of alkyl halides is 3. The molecule has 8 heteroatoms.